The third-order valence-electron chi connectivity index (χ3n) is 4.60. The van der Waals surface area contributed by atoms with Crippen molar-refractivity contribution in [3.63, 3.8) is 0 Å². The fraction of sp³-hybridized carbons (Fsp3) is 0.409. The van der Waals surface area contributed by atoms with Gasteiger partial charge in [0.2, 0.25) is 15.9 Å². The van der Waals surface area contributed by atoms with E-state index in [1.807, 2.05) is 44.2 Å². The molecule has 0 bridgehead atoms. The standard InChI is InChI=1S/C22H30N2O3S/c1-4-8-19(3)23-22(25)17-24(16-15-20-9-6-5-7-10-20)28(26,27)21-13-11-18(2)12-14-21/h5-7,9-14,19H,4,8,15-17H2,1-3H3,(H,23,25)/t19-/m1/s1. The summed E-state index contributed by atoms with van der Waals surface area (Å²) in [5.74, 6) is -0.273. The molecule has 0 aromatic heterocycles. The number of hydrogen-bond donors (Lipinski definition) is 1. The van der Waals surface area contributed by atoms with Gasteiger partial charge in [0.25, 0.3) is 0 Å². The van der Waals surface area contributed by atoms with Crippen molar-refractivity contribution < 1.29 is 13.2 Å². The molecule has 5 nitrogen and oxygen atoms in total. The van der Waals surface area contributed by atoms with Crippen LogP contribution in [0.5, 0.6) is 0 Å². The van der Waals surface area contributed by atoms with Crippen LogP contribution < -0.4 is 5.32 Å². The number of rotatable bonds is 10. The van der Waals surface area contributed by atoms with Crippen LogP contribution in [-0.2, 0) is 21.2 Å². The summed E-state index contributed by atoms with van der Waals surface area (Å²) in [5, 5.41) is 2.90. The number of nitrogens with one attached hydrogen (secondary N) is 1. The topological polar surface area (TPSA) is 66.5 Å². The van der Waals surface area contributed by atoms with Crippen molar-refractivity contribution in [2.75, 3.05) is 13.1 Å². The van der Waals surface area contributed by atoms with Gasteiger partial charge in [0.05, 0.1) is 11.4 Å². The molecule has 6 heteroatoms. The molecule has 0 spiro atoms. The molecule has 2 aromatic rings. The van der Waals surface area contributed by atoms with Crippen molar-refractivity contribution in [3.8, 4) is 0 Å². The number of carbonyl (C=O) groups excluding carboxylic acids is 1. The molecule has 0 saturated carbocycles. The molecule has 0 aliphatic rings. The third kappa shape index (κ3) is 6.46. The van der Waals surface area contributed by atoms with Crippen molar-refractivity contribution >= 4 is 15.9 Å². The van der Waals surface area contributed by atoms with Gasteiger partial charge in [0, 0.05) is 12.6 Å². The minimum atomic E-state index is -3.76. The van der Waals surface area contributed by atoms with Crippen molar-refractivity contribution in [1.82, 2.24) is 9.62 Å². The first-order valence-electron chi connectivity index (χ1n) is 9.73. The zero-order valence-electron chi connectivity index (χ0n) is 16.9. The monoisotopic (exact) mass is 402 g/mol. The molecule has 1 atom stereocenters. The van der Waals surface area contributed by atoms with Crippen LogP contribution in [0.2, 0.25) is 0 Å². The molecule has 28 heavy (non-hydrogen) atoms. The smallest absolute Gasteiger partial charge is 0.243 e. The van der Waals surface area contributed by atoms with E-state index in [1.165, 1.54) is 4.31 Å². The predicted octanol–water partition coefficient (Wildman–Crippen LogP) is 3.53. The maximum Gasteiger partial charge on any atom is 0.243 e. The number of amides is 1. The highest BCUT2D eigenvalue weighted by molar-refractivity contribution is 7.89. The van der Waals surface area contributed by atoms with Crippen molar-refractivity contribution in [2.45, 2.75) is 51.0 Å². The minimum Gasteiger partial charge on any atom is -0.353 e. The fourth-order valence-corrected chi connectivity index (χ4v) is 4.42. The van der Waals surface area contributed by atoms with E-state index in [0.717, 1.165) is 24.0 Å². The van der Waals surface area contributed by atoms with Crippen molar-refractivity contribution in [2.24, 2.45) is 0 Å². The normalized spacial score (nSPS) is 12.7. The van der Waals surface area contributed by atoms with Gasteiger partial charge in [-0.1, -0.05) is 61.4 Å². The molecule has 0 aliphatic heterocycles. The van der Waals surface area contributed by atoms with E-state index in [2.05, 4.69) is 12.2 Å². The molecule has 2 rings (SSSR count). The van der Waals surface area contributed by atoms with E-state index < -0.39 is 10.0 Å². The molecule has 152 valence electrons. The highest BCUT2D eigenvalue weighted by Crippen LogP contribution is 2.17. The van der Waals surface area contributed by atoms with Gasteiger partial charge in [-0.25, -0.2) is 8.42 Å². The van der Waals surface area contributed by atoms with Crippen LogP contribution in [0.4, 0.5) is 0 Å². The number of carbonyl (C=O) groups is 1. The van der Waals surface area contributed by atoms with E-state index in [0.29, 0.717) is 6.42 Å². The lowest BCUT2D eigenvalue weighted by Crippen LogP contribution is -2.44. The van der Waals surface area contributed by atoms with Gasteiger partial charge in [-0.15, -0.1) is 0 Å². The van der Waals surface area contributed by atoms with E-state index in [4.69, 9.17) is 0 Å². The van der Waals surface area contributed by atoms with Crippen LogP contribution in [0.15, 0.2) is 59.5 Å². The Morgan fingerprint density at radius 3 is 2.32 bits per heavy atom. The molecule has 0 saturated heterocycles. The third-order valence-corrected chi connectivity index (χ3v) is 6.46. The van der Waals surface area contributed by atoms with Crippen molar-refractivity contribution in [3.05, 3.63) is 65.7 Å². The second-order valence-electron chi connectivity index (χ2n) is 7.14. The zero-order chi connectivity index (χ0) is 20.6. The highest BCUT2D eigenvalue weighted by Gasteiger charge is 2.26. The first-order chi connectivity index (χ1) is 13.3. The number of nitrogens with zero attached hydrogens (tertiary/aromatic N) is 1. The Labute approximate surface area is 168 Å². The molecule has 1 N–H and O–H groups in total. The lowest BCUT2D eigenvalue weighted by Gasteiger charge is -2.23. The Kier molecular flexibility index (Phi) is 8.20. The molecule has 0 heterocycles. The van der Waals surface area contributed by atoms with Crippen LogP contribution in [0.1, 0.15) is 37.8 Å². The van der Waals surface area contributed by atoms with Gasteiger partial charge in [-0.2, -0.15) is 4.31 Å². The predicted molar refractivity (Wildman–Crippen MR) is 113 cm³/mol. The Balaban J connectivity index is 2.19. The van der Waals surface area contributed by atoms with Crippen LogP contribution in [0, 0.1) is 6.92 Å². The van der Waals surface area contributed by atoms with Gasteiger partial charge < -0.3 is 5.32 Å². The number of benzene rings is 2. The lowest BCUT2D eigenvalue weighted by molar-refractivity contribution is -0.121. The molecule has 0 unspecified atom stereocenters. The molecule has 0 aliphatic carbocycles. The Hall–Kier alpha value is -2.18. The summed E-state index contributed by atoms with van der Waals surface area (Å²) in [4.78, 5) is 12.7. The van der Waals surface area contributed by atoms with E-state index in [1.54, 1.807) is 24.3 Å². The van der Waals surface area contributed by atoms with Gasteiger partial charge in [0.15, 0.2) is 0 Å². The number of aryl methyl sites for hydroxylation is 1. The number of hydrogen-bond acceptors (Lipinski definition) is 3. The molecule has 2 aromatic carbocycles. The summed E-state index contributed by atoms with van der Waals surface area (Å²) in [6.07, 6.45) is 2.37. The van der Waals surface area contributed by atoms with Crippen LogP contribution in [-0.4, -0.2) is 37.8 Å². The zero-order valence-corrected chi connectivity index (χ0v) is 17.7. The van der Waals surface area contributed by atoms with E-state index in [9.17, 15) is 13.2 Å². The highest BCUT2D eigenvalue weighted by atomic mass is 32.2. The van der Waals surface area contributed by atoms with Crippen molar-refractivity contribution in [1.29, 1.82) is 0 Å². The van der Waals surface area contributed by atoms with Gasteiger partial charge in [-0.05, 0) is 44.4 Å². The summed E-state index contributed by atoms with van der Waals surface area (Å²) >= 11 is 0. The maximum atomic E-state index is 13.2. The second-order valence-corrected chi connectivity index (χ2v) is 9.08. The largest absolute Gasteiger partial charge is 0.353 e. The summed E-state index contributed by atoms with van der Waals surface area (Å²) < 4.78 is 27.6. The summed E-state index contributed by atoms with van der Waals surface area (Å²) in [6.45, 7) is 5.96. The fourth-order valence-electron chi connectivity index (χ4n) is 3.03. The maximum absolute atomic E-state index is 13.2. The quantitative estimate of drug-likeness (QED) is 0.661. The van der Waals surface area contributed by atoms with Crippen LogP contribution in [0.3, 0.4) is 0 Å². The first kappa shape index (κ1) is 22.1. The molecule has 0 fully saturated rings. The Morgan fingerprint density at radius 1 is 1.07 bits per heavy atom. The molecular formula is C22H30N2O3S. The second kappa shape index (κ2) is 10.4. The molecular weight excluding hydrogens is 372 g/mol. The first-order valence-corrected chi connectivity index (χ1v) is 11.2. The lowest BCUT2D eigenvalue weighted by atomic mass is 10.1. The van der Waals surface area contributed by atoms with E-state index in [-0.39, 0.29) is 29.9 Å². The SMILES string of the molecule is CCC[C@@H](C)NC(=O)CN(CCc1ccccc1)S(=O)(=O)c1ccc(C)cc1. The summed E-state index contributed by atoms with van der Waals surface area (Å²) in [5.41, 5.74) is 2.02. The van der Waals surface area contributed by atoms with E-state index >= 15 is 0 Å². The van der Waals surface area contributed by atoms with Crippen LogP contribution >= 0.6 is 0 Å². The average molecular weight is 403 g/mol. The summed E-state index contributed by atoms with van der Waals surface area (Å²) in [6, 6.07) is 16.4. The number of sulfonamides is 1. The Morgan fingerprint density at radius 2 is 1.71 bits per heavy atom. The van der Waals surface area contributed by atoms with Gasteiger partial charge in [0.1, 0.15) is 0 Å². The van der Waals surface area contributed by atoms with Gasteiger partial charge >= 0.3 is 0 Å². The Bertz CT molecular complexity index is 849. The average Bonchev–Trinajstić information content (AvgIpc) is 2.66. The molecule has 1 amide bonds. The minimum absolute atomic E-state index is 0.0237. The van der Waals surface area contributed by atoms with Crippen LogP contribution in [0.25, 0.3) is 0 Å². The molecule has 0 radical (unpaired) electrons. The summed E-state index contributed by atoms with van der Waals surface area (Å²) in [7, 11) is -3.76. The van der Waals surface area contributed by atoms with Gasteiger partial charge in [-0.3, -0.25) is 4.79 Å².